The number of hydrogen-bond acceptors (Lipinski definition) is 4. The van der Waals surface area contributed by atoms with Crippen molar-refractivity contribution in [3.63, 3.8) is 0 Å². The fourth-order valence-electron chi connectivity index (χ4n) is 5.33. The van der Waals surface area contributed by atoms with Crippen LogP contribution < -0.4 is 4.90 Å². The summed E-state index contributed by atoms with van der Waals surface area (Å²) in [5, 5.41) is 9.18. The van der Waals surface area contributed by atoms with Crippen LogP contribution in [-0.2, 0) is 0 Å². The largest absolute Gasteiger partial charge is 0.357 e. The Morgan fingerprint density at radius 1 is 1.07 bits per heavy atom. The zero-order valence-electron chi connectivity index (χ0n) is 16.4. The molecule has 4 heteroatoms. The molecule has 1 atom stereocenters. The average molecular weight is 373 g/mol. The van der Waals surface area contributed by atoms with Crippen molar-refractivity contribution in [3.8, 4) is 6.07 Å². The number of hydrogen-bond donors (Lipinski definition) is 0. The maximum absolute atomic E-state index is 9.18. The molecule has 4 nitrogen and oxygen atoms in total. The van der Waals surface area contributed by atoms with Crippen LogP contribution in [0.1, 0.15) is 49.1 Å². The zero-order valence-corrected chi connectivity index (χ0v) is 16.4. The smallest absolute Gasteiger partial charge is 0.129 e. The maximum atomic E-state index is 9.18. The lowest BCUT2D eigenvalue weighted by Crippen LogP contribution is -2.52. The number of benzene rings is 1. The highest BCUT2D eigenvalue weighted by atomic mass is 15.2. The van der Waals surface area contributed by atoms with Gasteiger partial charge in [-0.1, -0.05) is 30.3 Å². The highest BCUT2D eigenvalue weighted by molar-refractivity contribution is 5.45. The van der Waals surface area contributed by atoms with Crippen LogP contribution in [0.2, 0.25) is 0 Å². The molecule has 0 unspecified atom stereocenters. The van der Waals surface area contributed by atoms with Gasteiger partial charge in [0.15, 0.2) is 0 Å². The minimum Gasteiger partial charge on any atom is -0.357 e. The molecule has 1 aliphatic carbocycles. The van der Waals surface area contributed by atoms with Crippen molar-refractivity contribution >= 4 is 5.82 Å². The molecule has 144 valence electrons. The van der Waals surface area contributed by atoms with Crippen LogP contribution >= 0.6 is 0 Å². The summed E-state index contributed by atoms with van der Waals surface area (Å²) in [5.41, 5.74) is 2.63. The van der Waals surface area contributed by atoms with Gasteiger partial charge in [-0.2, -0.15) is 5.26 Å². The van der Waals surface area contributed by atoms with E-state index in [1.165, 1.54) is 50.8 Å². The summed E-state index contributed by atoms with van der Waals surface area (Å²) in [4.78, 5) is 9.70. The van der Waals surface area contributed by atoms with Gasteiger partial charge >= 0.3 is 0 Å². The number of nitriles is 1. The summed E-state index contributed by atoms with van der Waals surface area (Å²) in [6.07, 6.45) is 8.28. The second kappa shape index (κ2) is 7.22. The van der Waals surface area contributed by atoms with Crippen molar-refractivity contribution in [2.45, 2.75) is 44.1 Å². The lowest BCUT2D eigenvalue weighted by atomic mass is 9.68. The number of pyridine rings is 1. The van der Waals surface area contributed by atoms with Gasteiger partial charge in [0.2, 0.25) is 0 Å². The Balaban J connectivity index is 1.33. The van der Waals surface area contributed by atoms with E-state index >= 15 is 0 Å². The average Bonchev–Trinajstić information content (AvgIpc) is 3.60. The van der Waals surface area contributed by atoms with Crippen LogP contribution in [-0.4, -0.2) is 42.1 Å². The molecular formula is C24H28N4. The molecule has 1 spiro atoms. The highest BCUT2D eigenvalue weighted by Crippen LogP contribution is 2.47. The van der Waals surface area contributed by atoms with Crippen molar-refractivity contribution in [2.24, 2.45) is 5.41 Å². The van der Waals surface area contributed by atoms with Crippen molar-refractivity contribution in [3.05, 3.63) is 59.8 Å². The summed E-state index contributed by atoms with van der Waals surface area (Å²) < 4.78 is 0. The van der Waals surface area contributed by atoms with E-state index in [9.17, 15) is 5.26 Å². The predicted octanol–water partition coefficient (Wildman–Crippen LogP) is 4.19. The molecule has 2 aromatic rings. The molecule has 5 rings (SSSR count). The standard InChI is InChI=1S/C24H28N4/c25-16-19-8-11-26-23(14-19)27-12-9-24(10-13-27)15-21(20-4-2-1-3-5-20)17-28(18-24)22-6-7-22/h1-5,8,11,14,21-22H,6-7,9-10,12-13,15,17-18H2/t21-/m0/s1. The lowest BCUT2D eigenvalue weighted by Gasteiger charge is -2.51. The predicted molar refractivity (Wildman–Crippen MR) is 111 cm³/mol. The van der Waals surface area contributed by atoms with Gasteiger partial charge in [0, 0.05) is 38.4 Å². The van der Waals surface area contributed by atoms with E-state index in [-0.39, 0.29) is 0 Å². The van der Waals surface area contributed by atoms with Gasteiger partial charge in [-0.3, -0.25) is 4.90 Å². The molecule has 1 saturated carbocycles. The van der Waals surface area contributed by atoms with Crippen molar-refractivity contribution in [2.75, 3.05) is 31.1 Å². The third kappa shape index (κ3) is 3.52. The van der Waals surface area contributed by atoms with Gasteiger partial charge in [-0.25, -0.2) is 4.98 Å². The summed E-state index contributed by atoms with van der Waals surface area (Å²) >= 11 is 0. The minimum atomic E-state index is 0.421. The van der Waals surface area contributed by atoms with Crippen LogP contribution in [0.15, 0.2) is 48.7 Å². The number of nitrogens with zero attached hydrogens (tertiary/aromatic N) is 4. The first-order valence-corrected chi connectivity index (χ1v) is 10.6. The number of aromatic nitrogens is 1. The fraction of sp³-hybridized carbons (Fsp3) is 0.500. The third-order valence-electron chi connectivity index (χ3n) is 7.03. The molecule has 0 amide bonds. The summed E-state index contributed by atoms with van der Waals surface area (Å²) in [7, 11) is 0. The SMILES string of the molecule is N#Cc1ccnc(N2CCC3(CC2)C[C@H](c2ccccc2)CN(C2CC2)C3)c1. The molecule has 1 aromatic heterocycles. The van der Waals surface area contributed by atoms with E-state index < -0.39 is 0 Å². The van der Waals surface area contributed by atoms with Crippen LogP contribution in [0.25, 0.3) is 0 Å². The van der Waals surface area contributed by atoms with Crippen LogP contribution in [0.4, 0.5) is 5.82 Å². The molecule has 1 aromatic carbocycles. The first kappa shape index (κ1) is 17.7. The van der Waals surface area contributed by atoms with Gasteiger partial charge in [0.1, 0.15) is 5.82 Å². The Bertz CT molecular complexity index is 860. The highest BCUT2D eigenvalue weighted by Gasteiger charge is 2.45. The number of likely N-dealkylation sites (tertiary alicyclic amines) is 1. The Kier molecular flexibility index (Phi) is 4.56. The van der Waals surface area contributed by atoms with E-state index in [2.05, 4.69) is 51.2 Å². The molecule has 0 radical (unpaired) electrons. The van der Waals surface area contributed by atoms with Crippen molar-refractivity contribution in [1.82, 2.24) is 9.88 Å². The topological polar surface area (TPSA) is 43.2 Å². The van der Waals surface area contributed by atoms with Crippen LogP contribution in [0, 0.1) is 16.7 Å². The molecule has 0 N–H and O–H groups in total. The molecule has 3 fully saturated rings. The van der Waals surface area contributed by atoms with Gasteiger partial charge < -0.3 is 4.90 Å². The van der Waals surface area contributed by atoms with Gasteiger partial charge in [0.05, 0.1) is 11.6 Å². The van der Waals surface area contributed by atoms with Crippen LogP contribution in [0.3, 0.4) is 0 Å². The number of piperidine rings is 2. The zero-order chi connectivity index (χ0) is 19.0. The Morgan fingerprint density at radius 2 is 1.86 bits per heavy atom. The molecule has 2 aliphatic heterocycles. The lowest BCUT2D eigenvalue weighted by molar-refractivity contribution is 0.0460. The first-order chi connectivity index (χ1) is 13.7. The Labute approximate surface area is 167 Å². The minimum absolute atomic E-state index is 0.421. The normalized spacial score (nSPS) is 24.8. The Morgan fingerprint density at radius 3 is 2.57 bits per heavy atom. The summed E-state index contributed by atoms with van der Waals surface area (Å²) in [6, 6.07) is 17.9. The van der Waals surface area contributed by atoms with Gasteiger partial charge in [0.25, 0.3) is 0 Å². The molecular weight excluding hydrogens is 344 g/mol. The van der Waals surface area contributed by atoms with Gasteiger partial charge in [-0.05, 0) is 61.1 Å². The summed E-state index contributed by atoms with van der Waals surface area (Å²) in [5.74, 6) is 1.62. The second-order valence-corrected chi connectivity index (χ2v) is 8.97. The monoisotopic (exact) mass is 372 g/mol. The Hall–Kier alpha value is -2.38. The number of rotatable bonds is 3. The van der Waals surface area contributed by atoms with E-state index in [0.29, 0.717) is 16.9 Å². The fourth-order valence-corrected chi connectivity index (χ4v) is 5.33. The summed E-state index contributed by atoms with van der Waals surface area (Å²) in [6.45, 7) is 4.58. The number of anilines is 1. The maximum Gasteiger partial charge on any atom is 0.129 e. The van der Waals surface area contributed by atoms with E-state index in [4.69, 9.17) is 0 Å². The van der Waals surface area contributed by atoms with Crippen LogP contribution in [0.5, 0.6) is 0 Å². The van der Waals surface area contributed by atoms with E-state index in [1.54, 1.807) is 12.3 Å². The molecule has 28 heavy (non-hydrogen) atoms. The molecule has 3 heterocycles. The van der Waals surface area contributed by atoms with Crippen molar-refractivity contribution in [1.29, 1.82) is 5.26 Å². The first-order valence-electron chi connectivity index (χ1n) is 10.6. The third-order valence-corrected chi connectivity index (χ3v) is 7.03. The second-order valence-electron chi connectivity index (χ2n) is 8.97. The van der Waals surface area contributed by atoms with Crippen molar-refractivity contribution < 1.29 is 0 Å². The quantitative estimate of drug-likeness (QED) is 0.810. The van der Waals surface area contributed by atoms with E-state index in [1.807, 2.05) is 6.07 Å². The molecule has 3 aliphatic rings. The van der Waals surface area contributed by atoms with Gasteiger partial charge in [-0.15, -0.1) is 0 Å². The van der Waals surface area contributed by atoms with E-state index in [0.717, 1.165) is 24.9 Å². The molecule has 0 bridgehead atoms. The molecule has 2 saturated heterocycles.